The zero-order chi connectivity index (χ0) is 25.0. The lowest BCUT2D eigenvalue weighted by Gasteiger charge is -2.19. The summed E-state index contributed by atoms with van der Waals surface area (Å²) in [7, 11) is 0. The molecular formula is C26H21ClF3N3O2. The largest absolute Gasteiger partial charge is 0.416 e. The summed E-state index contributed by atoms with van der Waals surface area (Å²) in [6.45, 7) is 0.00329. The molecular weight excluding hydrogens is 479 g/mol. The molecule has 0 aliphatic heterocycles. The molecule has 5 nitrogen and oxygen atoms in total. The van der Waals surface area contributed by atoms with Crippen LogP contribution >= 0.6 is 11.6 Å². The van der Waals surface area contributed by atoms with E-state index in [0.717, 1.165) is 28.6 Å². The molecule has 0 fully saturated rings. The molecule has 0 saturated heterocycles. The summed E-state index contributed by atoms with van der Waals surface area (Å²) < 4.78 is 38.4. The average molecular weight is 500 g/mol. The standard InChI is InChI=1S/C26H21ClF3N3O2/c27-21-7-3-1-6-20(21)24(34)33-23(13-17-15-31-22-8-4-2-5-19(17)22)25(35)32-14-16-9-11-18(12-10-16)26(28,29)30/h1-12,15,23,31H,13-14H2,(H,32,35)(H,33,34)/t23-/m0/s1. The van der Waals surface area contributed by atoms with Gasteiger partial charge in [-0.1, -0.05) is 54.1 Å². The molecule has 180 valence electrons. The number of rotatable bonds is 7. The molecule has 3 aromatic carbocycles. The predicted molar refractivity (Wildman–Crippen MR) is 128 cm³/mol. The molecule has 2 amide bonds. The van der Waals surface area contributed by atoms with Crippen LogP contribution in [0.1, 0.15) is 27.0 Å². The maximum atomic E-state index is 13.1. The summed E-state index contributed by atoms with van der Waals surface area (Å²) >= 11 is 6.14. The van der Waals surface area contributed by atoms with E-state index in [0.29, 0.717) is 5.56 Å². The van der Waals surface area contributed by atoms with Crippen LogP contribution in [0.3, 0.4) is 0 Å². The predicted octanol–water partition coefficient (Wildman–Crippen LogP) is 5.50. The van der Waals surface area contributed by atoms with Gasteiger partial charge in [0.05, 0.1) is 16.1 Å². The number of nitrogens with one attached hydrogen (secondary N) is 3. The first-order valence-corrected chi connectivity index (χ1v) is 11.1. The van der Waals surface area contributed by atoms with Crippen molar-refractivity contribution in [1.29, 1.82) is 0 Å². The summed E-state index contributed by atoms with van der Waals surface area (Å²) in [5.41, 5.74) is 1.68. The van der Waals surface area contributed by atoms with E-state index in [1.807, 2.05) is 24.3 Å². The Kier molecular flexibility index (Phi) is 7.12. The van der Waals surface area contributed by atoms with E-state index in [1.54, 1.807) is 30.5 Å². The van der Waals surface area contributed by atoms with Crippen molar-refractivity contribution in [3.63, 3.8) is 0 Å². The minimum absolute atomic E-state index is 0.00329. The molecule has 0 spiro atoms. The molecule has 1 atom stereocenters. The molecule has 0 aliphatic carbocycles. The van der Waals surface area contributed by atoms with Gasteiger partial charge in [0.25, 0.3) is 5.91 Å². The first-order valence-electron chi connectivity index (χ1n) is 10.8. The Balaban J connectivity index is 1.52. The number of benzene rings is 3. The highest BCUT2D eigenvalue weighted by Crippen LogP contribution is 2.29. The van der Waals surface area contributed by atoms with Crippen molar-refractivity contribution in [1.82, 2.24) is 15.6 Å². The van der Waals surface area contributed by atoms with E-state index in [2.05, 4.69) is 15.6 Å². The van der Waals surface area contributed by atoms with Crippen molar-refractivity contribution in [3.8, 4) is 0 Å². The Hall–Kier alpha value is -3.78. The monoisotopic (exact) mass is 499 g/mol. The summed E-state index contributed by atoms with van der Waals surface area (Å²) in [6.07, 6.45) is -2.46. The molecule has 0 aliphatic rings. The number of para-hydroxylation sites is 1. The van der Waals surface area contributed by atoms with Crippen molar-refractivity contribution in [2.24, 2.45) is 0 Å². The number of aromatic nitrogens is 1. The zero-order valence-corrected chi connectivity index (χ0v) is 19.1. The lowest BCUT2D eigenvalue weighted by Crippen LogP contribution is -2.47. The van der Waals surface area contributed by atoms with E-state index < -0.39 is 29.6 Å². The number of carbonyl (C=O) groups excluding carboxylic acids is 2. The Morgan fingerprint density at radius 1 is 0.943 bits per heavy atom. The van der Waals surface area contributed by atoms with Crippen LogP contribution in [-0.2, 0) is 23.9 Å². The average Bonchev–Trinajstić information content (AvgIpc) is 3.25. The third kappa shape index (κ3) is 5.84. The normalized spacial score (nSPS) is 12.3. The van der Waals surface area contributed by atoms with Crippen LogP contribution in [-0.4, -0.2) is 22.8 Å². The number of aromatic amines is 1. The van der Waals surface area contributed by atoms with Crippen LogP contribution in [0.15, 0.2) is 79.0 Å². The molecule has 4 aromatic rings. The molecule has 0 radical (unpaired) electrons. The fourth-order valence-corrected chi connectivity index (χ4v) is 3.96. The number of carbonyl (C=O) groups is 2. The first-order chi connectivity index (χ1) is 16.7. The Labute approximate surface area is 204 Å². The summed E-state index contributed by atoms with van der Waals surface area (Å²) in [5, 5.41) is 6.62. The Morgan fingerprint density at radius 3 is 2.34 bits per heavy atom. The smallest absolute Gasteiger partial charge is 0.361 e. The lowest BCUT2D eigenvalue weighted by atomic mass is 10.0. The molecule has 1 heterocycles. The van der Waals surface area contributed by atoms with Gasteiger partial charge in [-0.3, -0.25) is 9.59 Å². The van der Waals surface area contributed by atoms with Gasteiger partial charge in [-0.2, -0.15) is 13.2 Å². The van der Waals surface area contributed by atoms with E-state index >= 15 is 0 Å². The van der Waals surface area contributed by atoms with E-state index in [9.17, 15) is 22.8 Å². The first kappa shape index (κ1) is 24.3. The molecule has 0 unspecified atom stereocenters. The molecule has 9 heteroatoms. The highest BCUT2D eigenvalue weighted by Gasteiger charge is 2.30. The van der Waals surface area contributed by atoms with Crippen LogP contribution < -0.4 is 10.6 Å². The van der Waals surface area contributed by atoms with Gasteiger partial charge >= 0.3 is 6.18 Å². The number of fused-ring (bicyclic) bond motifs is 1. The topological polar surface area (TPSA) is 74.0 Å². The van der Waals surface area contributed by atoms with Crippen molar-refractivity contribution in [3.05, 3.63) is 106 Å². The lowest BCUT2D eigenvalue weighted by molar-refractivity contribution is -0.137. The van der Waals surface area contributed by atoms with Gasteiger partial charge in [-0.05, 0) is 41.5 Å². The van der Waals surface area contributed by atoms with Gasteiger partial charge in [0.1, 0.15) is 6.04 Å². The second-order valence-electron chi connectivity index (χ2n) is 7.98. The molecule has 1 aromatic heterocycles. The van der Waals surface area contributed by atoms with Gasteiger partial charge in [0.2, 0.25) is 5.91 Å². The van der Waals surface area contributed by atoms with E-state index in [4.69, 9.17) is 11.6 Å². The number of H-pyrrole nitrogens is 1. The molecule has 3 N–H and O–H groups in total. The van der Waals surface area contributed by atoms with Crippen LogP contribution in [0.2, 0.25) is 5.02 Å². The SMILES string of the molecule is O=C(N[C@@H](Cc1c[nH]c2ccccc12)C(=O)NCc1ccc(C(F)(F)F)cc1)c1ccccc1Cl. The molecule has 35 heavy (non-hydrogen) atoms. The minimum atomic E-state index is -4.44. The quantitative estimate of drug-likeness (QED) is 0.314. The van der Waals surface area contributed by atoms with Gasteiger partial charge in [-0.25, -0.2) is 0 Å². The van der Waals surface area contributed by atoms with Crippen molar-refractivity contribution in [2.45, 2.75) is 25.2 Å². The highest BCUT2D eigenvalue weighted by molar-refractivity contribution is 6.33. The number of alkyl halides is 3. The van der Waals surface area contributed by atoms with Crippen LogP contribution in [0.4, 0.5) is 13.2 Å². The van der Waals surface area contributed by atoms with E-state index in [-0.39, 0.29) is 23.6 Å². The fourth-order valence-electron chi connectivity index (χ4n) is 3.73. The van der Waals surface area contributed by atoms with Crippen molar-refractivity contribution < 1.29 is 22.8 Å². The zero-order valence-electron chi connectivity index (χ0n) is 18.3. The van der Waals surface area contributed by atoms with Gasteiger partial charge in [-0.15, -0.1) is 0 Å². The van der Waals surface area contributed by atoms with Gasteiger partial charge < -0.3 is 15.6 Å². The third-order valence-electron chi connectivity index (χ3n) is 5.59. The molecule has 4 rings (SSSR count). The van der Waals surface area contributed by atoms with Crippen molar-refractivity contribution >= 4 is 34.3 Å². The molecule has 0 bridgehead atoms. The minimum Gasteiger partial charge on any atom is -0.361 e. The van der Waals surface area contributed by atoms with Crippen LogP contribution in [0.5, 0.6) is 0 Å². The van der Waals surface area contributed by atoms with Crippen LogP contribution in [0, 0.1) is 0 Å². The number of hydrogen-bond donors (Lipinski definition) is 3. The number of amides is 2. The van der Waals surface area contributed by atoms with Gasteiger partial charge in [0.15, 0.2) is 0 Å². The van der Waals surface area contributed by atoms with Crippen LogP contribution in [0.25, 0.3) is 10.9 Å². The highest BCUT2D eigenvalue weighted by atomic mass is 35.5. The summed E-state index contributed by atoms with van der Waals surface area (Å²) in [4.78, 5) is 29.1. The maximum absolute atomic E-state index is 13.1. The second kappa shape index (κ2) is 10.2. The Morgan fingerprint density at radius 2 is 1.63 bits per heavy atom. The maximum Gasteiger partial charge on any atom is 0.416 e. The second-order valence-corrected chi connectivity index (χ2v) is 8.39. The Bertz CT molecular complexity index is 1350. The summed E-state index contributed by atoms with van der Waals surface area (Å²) in [5.74, 6) is -0.985. The summed E-state index contributed by atoms with van der Waals surface area (Å²) in [6, 6.07) is 17.7. The number of hydrogen-bond acceptors (Lipinski definition) is 2. The van der Waals surface area contributed by atoms with E-state index in [1.165, 1.54) is 12.1 Å². The third-order valence-corrected chi connectivity index (χ3v) is 5.92. The van der Waals surface area contributed by atoms with Gasteiger partial charge in [0, 0.05) is 30.1 Å². The fraction of sp³-hybridized carbons (Fsp3) is 0.154. The van der Waals surface area contributed by atoms with Crippen molar-refractivity contribution in [2.75, 3.05) is 0 Å². The molecule has 0 saturated carbocycles. The number of halogens is 4.